The molecular weight excluding hydrogens is 264 g/mol. The number of anilines is 1. The molecule has 0 amide bonds. The minimum atomic E-state index is 0.633. The number of rotatable bonds is 5. The Morgan fingerprint density at radius 3 is 2.62 bits per heavy atom. The van der Waals surface area contributed by atoms with Gasteiger partial charge < -0.3 is 15.2 Å². The Bertz CT molecular complexity index is 628. The average Bonchev–Trinajstić information content (AvgIpc) is 2.92. The van der Waals surface area contributed by atoms with E-state index in [1.807, 2.05) is 36.4 Å². The van der Waals surface area contributed by atoms with E-state index in [1.165, 1.54) is 11.1 Å². The van der Waals surface area contributed by atoms with Crippen molar-refractivity contribution in [1.82, 2.24) is 4.90 Å². The second kappa shape index (κ2) is 6.06. The molecule has 0 unspecified atom stereocenters. The van der Waals surface area contributed by atoms with Crippen molar-refractivity contribution in [1.29, 1.82) is 0 Å². The molecule has 0 radical (unpaired) electrons. The minimum absolute atomic E-state index is 0.633. The molecule has 0 bridgehead atoms. The van der Waals surface area contributed by atoms with Gasteiger partial charge in [0.05, 0.1) is 7.11 Å². The molecule has 1 aliphatic heterocycles. The van der Waals surface area contributed by atoms with Crippen molar-refractivity contribution in [3.63, 3.8) is 0 Å². The van der Waals surface area contributed by atoms with E-state index in [2.05, 4.69) is 11.0 Å². The number of nitrogens with zero attached hydrogens (tertiary/aromatic N) is 1. The van der Waals surface area contributed by atoms with E-state index in [4.69, 9.17) is 15.2 Å². The Hall–Kier alpha value is -2.20. The van der Waals surface area contributed by atoms with Crippen LogP contribution in [0.2, 0.25) is 0 Å². The summed E-state index contributed by atoms with van der Waals surface area (Å²) in [5, 5.41) is 0. The van der Waals surface area contributed by atoms with E-state index in [0.29, 0.717) is 6.61 Å². The van der Waals surface area contributed by atoms with E-state index in [9.17, 15) is 0 Å². The number of ether oxygens (including phenoxy) is 2. The molecule has 4 heteroatoms. The van der Waals surface area contributed by atoms with Crippen molar-refractivity contribution >= 4 is 5.69 Å². The molecule has 21 heavy (non-hydrogen) atoms. The van der Waals surface area contributed by atoms with Crippen LogP contribution in [0, 0.1) is 0 Å². The van der Waals surface area contributed by atoms with Crippen LogP contribution in [0.4, 0.5) is 5.69 Å². The third-order valence-electron chi connectivity index (χ3n) is 3.82. The Morgan fingerprint density at radius 1 is 1.05 bits per heavy atom. The molecule has 1 heterocycles. The fourth-order valence-electron chi connectivity index (χ4n) is 2.70. The molecule has 2 N–H and O–H groups in total. The van der Waals surface area contributed by atoms with E-state index >= 15 is 0 Å². The molecule has 0 aromatic heterocycles. The SMILES string of the molecule is COc1ccccc1OCCN1Cc2cccc(N)c2C1. The van der Waals surface area contributed by atoms with E-state index in [0.717, 1.165) is 36.8 Å². The maximum Gasteiger partial charge on any atom is 0.161 e. The van der Waals surface area contributed by atoms with Crippen LogP contribution in [-0.2, 0) is 13.1 Å². The number of nitrogen functional groups attached to an aromatic ring is 1. The number of fused-ring (bicyclic) bond motifs is 1. The Kier molecular flexibility index (Phi) is 3.97. The molecule has 110 valence electrons. The summed E-state index contributed by atoms with van der Waals surface area (Å²) in [7, 11) is 1.65. The van der Waals surface area contributed by atoms with Crippen LogP contribution in [0.15, 0.2) is 42.5 Å². The molecular formula is C17H20N2O2. The number of benzene rings is 2. The number of hydrogen-bond donors (Lipinski definition) is 1. The van der Waals surface area contributed by atoms with Crippen molar-refractivity contribution in [2.75, 3.05) is 26.0 Å². The first kappa shape index (κ1) is 13.8. The van der Waals surface area contributed by atoms with Crippen LogP contribution in [0.5, 0.6) is 11.5 Å². The van der Waals surface area contributed by atoms with Crippen LogP contribution in [-0.4, -0.2) is 25.2 Å². The molecule has 0 spiro atoms. The highest BCUT2D eigenvalue weighted by molar-refractivity contribution is 5.52. The Labute approximate surface area is 125 Å². The summed E-state index contributed by atoms with van der Waals surface area (Å²) >= 11 is 0. The summed E-state index contributed by atoms with van der Waals surface area (Å²) in [6, 6.07) is 13.8. The first-order chi connectivity index (χ1) is 10.3. The molecule has 1 aliphatic rings. The van der Waals surface area contributed by atoms with Gasteiger partial charge in [0.15, 0.2) is 11.5 Å². The quantitative estimate of drug-likeness (QED) is 0.858. The highest BCUT2D eigenvalue weighted by Gasteiger charge is 2.20. The molecule has 3 rings (SSSR count). The number of nitrogens with two attached hydrogens (primary N) is 1. The summed E-state index contributed by atoms with van der Waals surface area (Å²) in [4.78, 5) is 2.34. The lowest BCUT2D eigenvalue weighted by atomic mass is 10.1. The van der Waals surface area contributed by atoms with Gasteiger partial charge in [0.2, 0.25) is 0 Å². The van der Waals surface area contributed by atoms with Crippen molar-refractivity contribution < 1.29 is 9.47 Å². The van der Waals surface area contributed by atoms with E-state index < -0.39 is 0 Å². The standard InChI is InChI=1S/C17H20N2O2/c1-20-16-7-2-3-8-17(16)21-10-9-19-11-13-5-4-6-15(18)14(13)12-19/h2-8H,9-12,18H2,1H3. The number of methoxy groups -OCH3 is 1. The van der Waals surface area contributed by atoms with Gasteiger partial charge >= 0.3 is 0 Å². The van der Waals surface area contributed by atoms with Crippen LogP contribution < -0.4 is 15.2 Å². The van der Waals surface area contributed by atoms with Crippen LogP contribution in [0.3, 0.4) is 0 Å². The van der Waals surface area contributed by atoms with Crippen molar-refractivity contribution in [3.8, 4) is 11.5 Å². The van der Waals surface area contributed by atoms with Gasteiger partial charge in [-0.25, -0.2) is 0 Å². The van der Waals surface area contributed by atoms with Crippen molar-refractivity contribution in [2.24, 2.45) is 0 Å². The second-order valence-electron chi connectivity index (χ2n) is 5.19. The second-order valence-corrected chi connectivity index (χ2v) is 5.19. The van der Waals surface area contributed by atoms with Gasteiger partial charge in [0.1, 0.15) is 6.61 Å². The molecule has 0 saturated carbocycles. The minimum Gasteiger partial charge on any atom is -0.493 e. The highest BCUT2D eigenvalue weighted by Crippen LogP contribution is 2.28. The zero-order chi connectivity index (χ0) is 14.7. The molecule has 4 nitrogen and oxygen atoms in total. The normalized spacial score (nSPS) is 14.0. The van der Waals surface area contributed by atoms with Gasteiger partial charge in [-0.1, -0.05) is 24.3 Å². The average molecular weight is 284 g/mol. The first-order valence-corrected chi connectivity index (χ1v) is 7.12. The van der Waals surface area contributed by atoms with Gasteiger partial charge in [-0.05, 0) is 29.3 Å². The summed E-state index contributed by atoms with van der Waals surface area (Å²) in [5.74, 6) is 1.56. The predicted octanol–water partition coefficient (Wildman–Crippen LogP) is 2.67. The molecule has 0 saturated heterocycles. The third-order valence-corrected chi connectivity index (χ3v) is 3.82. The fraction of sp³-hybridized carbons (Fsp3) is 0.294. The summed E-state index contributed by atoms with van der Waals surface area (Å²) in [5.41, 5.74) is 9.49. The van der Waals surface area contributed by atoms with E-state index in [1.54, 1.807) is 7.11 Å². The van der Waals surface area contributed by atoms with Gasteiger partial charge in [-0.2, -0.15) is 0 Å². The van der Waals surface area contributed by atoms with Crippen molar-refractivity contribution in [2.45, 2.75) is 13.1 Å². The topological polar surface area (TPSA) is 47.7 Å². The first-order valence-electron chi connectivity index (χ1n) is 7.12. The molecule has 2 aromatic rings. The highest BCUT2D eigenvalue weighted by atomic mass is 16.5. The summed E-state index contributed by atoms with van der Waals surface area (Å²) in [6.07, 6.45) is 0. The summed E-state index contributed by atoms with van der Waals surface area (Å²) < 4.78 is 11.1. The molecule has 0 aliphatic carbocycles. The van der Waals surface area contributed by atoms with Crippen LogP contribution >= 0.6 is 0 Å². The smallest absolute Gasteiger partial charge is 0.161 e. The van der Waals surface area contributed by atoms with Crippen molar-refractivity contribution in [3.05, 3.63) is 53.6 Å². The fourth-order valence-corrected chi connectivity index (χ4v) is 2.70. The Balaban J connectivity index is 1.55. The molecule has 0 fully saturated rings. The number of hydrogen-bond acceptors (Lipinski definition) is 4. The lowest BCUT2D eigenvalue weighted by Crippen LogP contribution is -2.23. The summed E-state index contributed by atoms with van der Waals surface area (Å²) in [6.45, 7) is 3.34. The lowest BCUT2D eigenvalue weighted by Gasteiger charge is -2.16. The largest absolute Gasteiger partial charge is 0.493 e. The molecule has 2 aromatic carbocycles. The number of para-hydroxylation sites is 2. The van der Waals surface area contributed by atoms with Gasteiger partial charge in [0.25, 0.3) is 0 Å². The molecule has 0 atom stereocenters. The lowest BCUT2D eigenvalue weighted by molar-refractivity contribution is 0.206. The van der Waals surface area contributed by atoms with Gasteiger partial charge in [-0.15, -0.1) is 0 Å². The third kappa shape index (κ3) is 2.95. The Morgan fingerprint density at radius 2 is 1.86 bits per heavy atom. The van der Waals surface area contributed by atoms with Gasteiger partial charge in [0, 0.05) is 25.3 Å². The van der Waals surface area contributed by atoms with Crippen LogP contribution in [0.1, 0.15) is 11.1 Å². The monoisotopic (exact) mass is 284 g/mol. The predicted molar refractivity (Wildman–Crippen MR) is 83.5 cm³/mol. The zero-order valence-corrected chi connectivity index (χ0v) is 12.2. The van der Waals surface area contributed by atoms with Crippen LogP contribution in [0.25, 0.3) is 0 Å². The zero-order valence-electron chi connectivity index (χ0n) is 12.2. The maximum absolute atomic E-state index is 6.02. The van der Waals surface area contributed by atoms with Gasteiger partial charge in [-0.3, -0.25) is 4.90 Å². The maximum atomic E-state index is 6.02. The van der Waals surface area contributed by atoms with E-state index in [-0.39, 0.29) is 0 Å².